The van der Waals surface area contributed by atoms with Gasteiger partial charge in [0.05, 0.1) is 10.4 Å². The summed E-state index contributed by atoms with van der Waals surface area (Å²) in [6.45, 7) is 2.86. The zero-order chi connectivity index (χ0) is 22.2. The molecule has 0 aliphatic carbocycles. The Morgan fingerprint density at radius 2 is 1.70 bits per heavy atom. The highest BCUT2D eigenvalue weighted by atomic mass is 32.1. The lowest BCUT2D eigenvalue weighted by atomic mass is 10.2. The highest BCUT2D eigenvalue weighted by Gasteiger charge is 2.25. The van der Waals surface area contributed by atoms with Crippen molar-refractivity contribution in [2.24, 2.45) is 0 Å². The molecule has 7 nitrogen and oxygen atoms in total. The number of amides is 1. The first-order chi connectivity index (χ1) is 16.3. The highest BCUT2D eigenvalue weighted by molar-refractivity contribution is 7.13. The van der Waals surface area contributed by atoms with E-state index in [1.807, 2.05) is 70.9 Å². The Labute approximate surface area is 194 Å². The van der Waals surface area contributed by atoms with Crippen molar-refractivity contribution in [3.8, 4) is 10.7 Å². The maximum Gasteiger partial charge on any atom is 0.253 e. The number of thiophene rings is 1. The molecule has 0 radical (unpaired) electrons. The van der Waals surface area contributed by atoms with Gasteiger partial charge in [-0.15, -0.1) is 21.5 Å². The minimum Gasteiger partial charge on any atom is -0.340 e. The van der Waals surface area contributed by atoms with E-state index in [0.717, 1.165) is 58.3 Å². The first kappa shape index (κ1) is 19.9. The maximum atomic E-state index is 13.0. The van der Waals surface area contributed by atoms with Crippen LogP contribution in [-0.2, 0) is 0 Å². The molecule has 0 saturated carbocycles. The number of anilines is 1. The fourth-order valence-corrected chi connectivity index (χ4v) is 5.13. The SMILES string of the molecule is O=C(c1ccccc1)N1CCCN(c2nc3ccccc3c3nnc(-c4cccs4)n23)CC1. The number of benzene rings is 2. The fraction of sp³-hybridized carbons (Fsp3) is 0.200. The Balaban J connectivity index is 1.40. The smallest absolute Gasteiger partial charge is 0.253 e. The summed E-state index contributed by atoms with van der Waals surface area (Å²) in [5.41, 5.74) is 2.43. The number of fused-ring (bicyclic) bond motifs is 3. The van der Waals surface area contributed by atoms with Gasteiger partial charge < -0.3 is 9.80 Å². The number of para-hydroxylation sites is 1. The molecule has 33 heavy (non-hydrogen) atoms. The molecule has 0 N–H and O–H groups in total. The predicted octanol–water partition coefficient (Wildman–Crippen LogP) is 4.36. The molecule has 0 atom stereocenters. The van der Waals surface area contributed by atoms with Gasteiger partial charge in [-0.05, 0) is 42.1 Å². The fourth-order valence-electron chi connectivity index (χ4n) is 4.43. The van der Waals surface area contributed by atoms with Gasteiger partial charge >= 0.3 is 0 Å². The van der Waals surface area contributed by atoms with Gasteiger partial charge in [-0.3, -0.25) is 4.79 Å². The van der Waals surface area contributed by atoms with Crippen LogP contribution in [0.15, 0.2) is 72.1 Å². The molecule has 3 aromatic heterocycles. The van der Waals surface area contributed by atoms with Crippen molar-refractivity contribution in [1.29, 1.82) is 0 Å². The number of nitrogens with zero attached hydrogens (tertiary/aromatic N) is 6. The summed E-state index contributed by atoms with van der Waals surface area (Å²) in [7, 11) is 0. The standard InChI is InChI=1S/C25H22N6OS/c32-24(18-8-2-1-3-9-18)29-13-7-14-30(16-15-29)25-26-20-11-5-4-10-19(20)22-27-28-23(31(22)25)21-12-6-17-33-21/h1-6,8-12,17H,7,13-16H2. The average molecular weight is 455 g/mol. The van der Waals surface area contributed by atoms with Gasteiger partial charge in [0.15, 0.2) is 11.5 Å². The number of hydrogen-bond acceptors (Lipinski definition) is 6. The van der Waals surface area contributed by atoms with Gasteiger partial charge in [-0.25, -0.2) is 9.38 Å². The van der Waals surface area contributed by atoms with E-state index in [-0.39, 0.29) is 5.91 Å². The molecular formula is C25H22N6OS. The maximum absolute atomic E-state index is 13.0. The van der Waals surface area contributed by atoms with Crippen LogP contribution >= 0.6 is 11.3 Å². The first-order valence-electron chi connectivity index (χ1n) is 11.1. The summed E-state index contributed by atoms with van der Waals surface area (Å²) < 4.78 is 2.07. The number of carbonyl (C=O) groups is 1. The lowest BCUT2D eigenvalue weighted by Gasteiger charge is -2.24. The van der Waals surface area contributed by atoms with Crippen molar-refractivity contribution in [2.75, 3.05) is 31.1 Å². The molecule has 0 bridgehead atoms. The lowest BCUT2D eigenvalue weighted by Crippen LogP contribution is -2.35. The van der Waals surface area contributed by atoms with Crippen molar-refractivity contribution < 1.29 is 4.79 Å². The molecule has 0 unspecified atom stereocenters. The molecule has 5 aromatic rings. The van der Waals surface area contributed by atoms with Crippen LogP contribution in [0.4, 0.5) is 5.95 Å². The van der Waals surface area contributed by atoms with E-state index >= 15 is 0 Å². The molecule has 6 rings (SSSR count). The Bertz CT molecular complexity index is 1430. The van der Waals surface area contributed by atoms with Crippen molar-refractivity contribution in [2.45, 2.75) is 6.42 Å². The van der Waals surface area contributed by atoms with Gasteiger partial charge in [0.2, 0.25) is 5.95 Å². The van der Waals surface area contributed by atoms with Crippen LogP contribution in [0.2, 0.25) is 0 Å². The summed E-state index contributed by atoms with van der Waals surface area (Å²) in [5.74, 6) is 1.71. The molecule has 1 aliphatic heterocycles. The van der Waals surface area contributed by atoms with Gasteiger partial charge in [-0.2, -0.15) is 0 Å². The molecule has 4 heterocycles. The number of hydrogen-bond donors (Lipinski definition) is 0. The minimum absolute atomic E-state index is 0.0811. The number of carbonyl (C=O) groups excluding carboxylic acids is 1. The van der Waals surface area contributed by atoms with Crippen LogP contribution in [0.5, 0.6) is 0 Å². The van der Waals surface area contributed by atoms with E-state index in [2.05, 4.69) is 25.6 Å². The summed E-state index contributed by atoms with van der Waals surface area (Å²) in [5, 5.41) is 12.1. The Kier molecular flexibility index (Phi) is 4.99. The van der Waals surface area contributed by atoms with E-state index in [1.165, 1.54) is 0 Å². The van der Waals surface area contributed by atoms with E-state index in [1.54, 1.807) is 11.3 Å². The molecule has 164 valence electrons. The summed E-state index contributed by atoms with van der Waals surface area (Å²) in [6, 6.07) is 21.6. The molecule has 0 spiro atoms. The summed E-state index contributed by atoms with van der Waals surface area (Å²) in [6.07, 6.45) is 0.866. The molecule has 2 aromatic carbocycles. The molecule has 1 amide bonds. The normalized spacial score (nSPS) is 14.7. The lowest BCUT2D eigenvalue weighted by molar-refractivity contribution is 0.0767. The van der Waals surface area contributed by atoms with E-state index < -0.39 is 0 Å². The topological polar surface area (TPSA) is 66.6 Å². The van der Waals surface area contributed by atoms with Crippen molar-refractivity contribution in [3.63, 3.8) is 0 Å². The first-order valence-corrected chi connectivity index (χ1v) is 11.9. The van der Waals surface area contributed by atoms with E-state index in [0.29, 0.717) is 13.1 Å². The molecular weight excluding hydrogens is 432 g/mol. The molecule has 1 fully saturated rings. The van der Waals surface area contributed by atoms with Gasteiger partial charge in [-0.1, -0.05) is 36.4 Å². The third kappa shape index (κ3) is 3.52. The summed E-state index contributed by atoms with van der Waals surface area (Å²) in [4.78, 5) is 23.3. The number of rotatable bonds is 3. The molecule has 1 saturated heterocycles. The summed E-state index contributed by atoms with van der Waals surface area (Å²) >= 11 is 1.64. The highest BCUT2D eigenvalue weighted by Crippen LogP contribution is 2.30. The zero-order valence-electron chi connectivity index (χ0n) is 18.0. The monoisotopic (exact) mass is 454 g/mol. The van der Waals surface area contributed by atoms with Gasteiger partial charge in [0, 0.05) is 37.1 Å². The van der Waals surface area contributed by atoms with Crippen LogP contribution in [-0.4, -0.2) is 56.6 Å². The van der Waals surface area contributed by atoms with E-state index in [4.69, 9.17) is 4.98 Å². The average Bonchev–Trinajstić information content (AvgIpc) is 3.49. The van der Waals surface area contributed by atoms with Crippen LogP contribution in [0.25, 0.3) is 27.3 Å². The van der Waals surface area contributed by atoms with Crippen LogP contribution in [0.3, 0.4) is 0 Å². The Hall–Kier alpha value is -3.78. The van der Waals surface area contributed by atoms with Gasteiger partial charge in [0.1, 0.15) is 0 Å². The minimum atomic E-state index is 0.0811. The van der Waals surface area contributed by atoms with Crippen LogP contribution < -0.4 is 4.90 Å². The Morgan fingerprint density at radius 3 is 2.55 bits per heavy atom. The zero-order valence-corrected chi connectivity index (χ0v) is 18.8. The van der Waals surface area contributed by atoms with Gasteiger partial charge in [0.25, 0.3) is 5.91 Å². The third-order valence-electron chi connectivity index (χ3n) is 6.06. The second kappa shape index (κ2) is 8.29. The third-order valence-corrected chi connectivity index (χ3v) is 6.92. The number of aromatic nitrogens is 4. The second-order valence-electron chi connectivity index (χ2n) is 8.09. The van der Waals surface area contributed by atoms with E-state index in [9.17, 15) is 4.79 Å². The second-order valence-corrected chi connectivity index (χ2v) is 9.04. The predicted molar refractivity (Wildman–Crippen MR) is 131 cm³/mol. The Morgan fingerprint density at radius 1 is 0.848 bits per heavy atom. The quantitative estimate of drug-likeness (QED) is 0.405. The van der Waals surface area contributed by atoms with Crippen molar-refractivity contribution in [1.82, 2.24) is 24.5 Å². The van der Waals surface area contributed by atoms with Crippen molar-refractivity contribution in [3.05, 3.63) is 77.7 Å². The van der Waals surface area contributed by atoms with Crippen LogP contribution in [0.1, 0.15) is 16.8 Å². The molecule has 1 aliphatic rings. The largest absolute Gasteiger partial charge is 0.340 e. The molecule has 8 heteroatoms. The van der Waals surface area contributed by atoms with Crippen molar-refractivity contribution >= 4 is 39.7 Å². The van der Waals surface area contributed by atoms with Crippen LogP contribution in [0, 0.1) is 0 Å².